The zero-order valence-electron chi connectivity index (χ0n) is 12.5. The van der Waals surface area contributed by atoms with Crippen LogP contribution in [0, 0.1) is 6.92 Å². The van der Waals surface area contributed by atoms with Gasteiger partial charge in [0, 0.05) is 17.3 Å². The Hall–Kier alpha value is -2.39. The standard InChI is InChI=1S/C19H18N2O/c1-14-5-2-3-7-17(14)19(12-22-13-19)21-16-9-8-15-6-4-10-20-18(15)11-16/h2-11,21H,12-13H2,1H3. The minimum atomic E-state index is -0.131. The molecule has 3 heteroatoms. The number of ether oxygens (including phenoxy) is 1. The number of aryl methyl sites for hydroxylation is 1. The van der Waals surface area contributed by atoms with Crippen LogP contribution >= 0.6 is 0 Å². The number of pyridine rings is 1. The summed E-state index contributed by atoms with van der Waals surface area (Å²) in [5, 5.41) is 4.83. The van der Waals surface area contributed by atoms with Crippen LogP contribution in [0.1, 0.15) is 11.1 Å². The highest BCUT2D eigenvalue weighted by atomic mass is 16.5. The molecule has 0 unspecified atom stereocenters. The summed E-state index contributed by atoms with van der Waals surface area (Å²) in [4.78, 5) is 4.43. The highest BCUT2D eigenvalue weighted by Gasteiger charge is 2.41. The molecule has 0 aliphatic carbocycles. The van der Waals surface area contributed by atoms with E-state index in [1.54, 1.807) is 0 Å². The molecule has 1 aliphatic rings. The number of benzene rings is 2. The fourth-order valence-corrected chi connectivity index (χ4v) is 3.13. The largest absolute Gasteiger partial charge is 0.376 e. The summed E-state index contributed by atoms with van der Waals surface area (Å²) in [6.07, 6.45) is 1.83. The summed E-state index contributed by atoms with van der Waals surface area (Å²) in [6.45, 7) is 3.54. The van der Waals surface area contributed by atoms with E-state index in [1.807, 2.05) is 12.3 Å². The molecule has 0 amide bonds. The van der Waals surface area contributed by atoms with Crippen molar-refractivity contribution in [3.8, 4) is 0 Å². The molecule has 0 bridgehead atoms. The van der Waals surface area contributed by atoms with E-state index in [-0.39, 0.29) is 5.54 Å². The molecule has 1 fully saturated rings. The molecule has 0 radical (unpaired) electrons. The van der Waals surface area contributed by atoms with Gasteiger partial charge in [0.1, 0.15) is 5.54 Å². The van der Waals surface area contributed by atoms with Crippen LogP contribution in [0.25, 0.3) is 10.9 Å². The van der Waals surface area contributed by atoms with Gasteiger partial charge in [0.05, 0.1) is 18.7 Å². The van der Waals surface area contributed by atoms with Crippen LogP contribution in [0.15, 0.2) is 60.8 Å². The van der Waals surface area contributed by atoms with E-state index < -0.39 is 0 Å². The van der Waals surface area contributed by atoms with Crippen molar-refractivity contribution < 1.29 is 4.74 Å². The third-order valence-electron chi connectivity index (χ3n) is 4.35. The summed E-state index contributed by atoms with van der Waals surface area (Å²) in [5.41, 5.74) is 4.55. The van der Waals surface area contributed by atoms with Crippen molar-refractivity contribution >= 4 is 16.6 Å². The average molecular weight is 290 g/mol. The first-order chi connectivity index (χ1) is 10.8. The Kier molecular flexibility index (Phi) is 3.09. The van der Waals surface area contributed by atoms with E-state index in [1.165, 1.54) is 11.1 Å². The Morgan fingerprint density at radius 3 is 2.68 bits per heavy atom. The van der Waals surface area contributed by atoms with Gasteiger partial charge in [0.2, 0.25) is 0 Å². The summed E-state index contributed by atoms with van der Waals surface area (Å²) in [6, 6.07) is 18.9. The maximum atomic E-state index is 5.53. The molecule has 0 spiro atoms. The lowest BCUT2D eigenvalue weighted by Crippen LogP contribution is -2.53. The van der Waals surface area contributed by atoms with Crippen LogP contribution in [-0.2, 0) is 10.3 Å². The predicted molar refractivity (Wildman–Crippen MR) is 89.0 cm³/mol. The molecule has 1 aromatic heterocycles. The van der Waals surface area contributed by atoms with Crippen molar-refractivity contribution in [1.82, 2.24) is 4.98 Å². The van der Waals surface area contributed by atoms with Gasteiger partial charge in [-0.25, -0.2) is 0 Å². The van der Waals surface area contributed by atoms with Gasteiger partial charge < -0.3 is 10.1 Å². The minimum absolute atomic E-state index is 0.131. The fraction of sp³-hybridized carbons (Fsp3) is 0.211. The van der Waals surface area contributed by atoms with Crippen molar-refractivity contribution in [3.05, 3.63) is 71.9 Å². The summed E-state index contributed by atoms with van der Waals surface area (Å²) >= 11 is 0. The summed E-state index contributed by atoms with van der Waals surface area (Å²) in [7, 11) is 0. The van der Waals surface area contributed by atoms with E-state index in [0.717, 1.165) is 16.6 Å². The monoisotopic (exact) mass is 290 g/mol. The van der Waals surface area contributed by atoms with E-state index >= 15 is 0 Å². The second kappa shape index (κ2) is 5.11. The highest BCUT2D eigenvalue weighted by Crippen LogP contribution is 2.35. The normalized spacial score (nSPS) is 16.2. The van der Waals surface area contributed by atoms with Crippen molar-refractivity contribution in [2.24, 2.45) is 0 Å². The second-order valence-corrected chi connectivity index (χ2v) is 5.93. The van der Waals surface area contributed by atoms with Gasteiger partial charge in [0.15, 0.2) is 0 Å². The minimum Gasteiger partial charge on any atom is -0.376 e. The van der Waals surface area contributed by atoms with Crippen LogP contribution in [0.4, 0.5) is 5.69 Å². The smallest absolute Gasteiger partial charge is 0.110 e. The van der Waals surface area contributed by atoms with Gasteiger partial charge in [-0.3, -0.25) is 4.98 Å². The zero-order chi connectivity index (χ0) is 15.0. The SMILES string of the molecule is Cc1ccccc1C1(Nc2ccc3cccnc3c2)COC1. The first-order valence-corrected chi connectivity index (χ1v) is 7.54. The molecule has 110 valence electrons. The lowest BCUT2D eigenvalue weighted by molar-refractivity contribution is -0.0449. The third kappa shape index (κ3) is 2.14. The first kappa shape index (κ1) is 13.3. The van der Waals surface area contributed by atoms with E-state index in [2.05, 4.69) is 65.8 Å². The number of anilines is 1. The van der Waals surface area contributed by atoms with Gasteiger partial charge in [-0.15, -0.1) is 0 Å². The van der Waals surface area contributed by atoms with E-state index in [9.17, 15) is 0 Å². The average Bonchev–Trinajstić information content (AvgIpc) is 2.52. The van der Waals surface area contributed by atoms with Gasteiger partial charge in [-0.2, -0.15) is 0 Å². The first-order valence-electron chi connectivity index (χ1n) is 7.54. The summed E-state index contributed by atoms with van der Waals surface area (Å²) in [5.74, 6) is 0. The number of nitrogens with one attached hydrogen (secondary N) is 1. The van der Waals surface area contributed by atoms with Crippen molar-refractivity contribution in [1.29, 1.82) is 0 Å². The van der Waals surface area contributed by atoms with Crippen molar-refractivity contribution in [2.45, 2.75) is 12.5 Å². The van der Waals surface area contributed by atoms with Crippen LogP contribution < -0.4 is 5.32 Å². The maximum Gasteiger partial charge on any atom is 0.110 e. The second-order valence-electron chi connectivity index (χ2n) is 5.93. The quantitative estimate of drug-likeness (QED) is 0.795. The zero-order valence-corrected chi connectivity index (χ0v) is 12.5. The Labute approximate surface area is 130 Å². The topological polar surface area (TPSA) is 34.2 Å². The van der Waals surface area contributed by atoms with E-state index in [0.29, 0.717) is 13.2 Å². The Balaban J connectivity index is 1.72. The third-order valence-corrected chi connectivity index (χ3v) is 4.35. The number of aromatic nitrogens is 1. The van der Waals surface area contributed by atoms with Crippen molar-refractivity contribution in [3.63, 3.8) is 0 Å². The molecular weight excluding hydrogens is 272 g/mol. The van der Waals surface area contributed by atoms with Gasteiger partial charge >= 0.3 is 0 Å². The molecule has 2 heterocycles. The van der Waals surface area contributed by atoms with Gasteiger partial charge in [0.25, 0.3) is 0 Å². The number of nitrogens with zero attached hydrogens (tertiary/aromatic N) is 1. The number of hydrogen-bond acceptors (Lipinski definition) is 3. The molecular formula is C19H18N2O. The van der Waals surface area contributed by atoms with Crippen LogP contribution in [-0.4, -0.2) is 18.2 Å². The molecule has 3 nitrogen and oxygen atoms in total. The molecule has 1 aliphatic heterocycles. The highest BCUT2D eigenvalue weighted by molar-refractivity contribution is 5.82. The van der Waals surface area contributed by atoms with Gasteiger partial charge in [-0.05, 0) is 36.2 Å². The van der Waals surface area contributed by atoms with Crippen LogP contribution in [0.3, 0.4) is 0 Å². The molecule has 1 N–H and O–H groups in total. The molecule has 2 aromatic carbocycles. The Bertz CT molecular complexity index is 824. The number of hydrogen-bond donors (Lipinski definition) is 1. The van der Waals surface area contributed by atoms with Crippen LogP contribution in [0.2, 0.25) is 0 Å². The molecule has 3 aromatic rings. The maximum absolute atomic E-state index is 5.53. The molecule has 4 rings (SSSR count). The molecule has 22 heavy (non-hydrogen) atoms. The number of rotatable bonds is 3. The molecule has 1 saturated heterocycles. The molecule has 0 saturated carbocycles. The Morgan fingerprint density at radius 2 is 1.91 bits per heavy atom. The lowest BCUT2D eigenvalue weighted by atomic mass is 9.84. The number of fused-ring (bicyclic) bond motifs is 1. The van der Waals surface area contributed by atoms with E-state index in [4.69, 9.17) is 4.74 Å². The van der Waals surface area contributed by atoms with Crippen molar-refractivity contribution in [2.75, 3.05) is 18.5 Å². The lowest BCUT2D eigenvalue weighted by Gasteiger charge is -2.44. The van der Waals surface area contributed by atoms with Crippen LogP contribution in [0.5, 0.6) is 0 Å². The van der Waals surface area contributed by atoms with Gasteiger partial charge in [-0.1, -0.05) is 36.4 Å². The Morgan fingerprint density at radius 1 is 1.05 bits per heavy atom. The summed E-state index contributed by atoms with van der Waals surface area (Å²) < 4.78 is 5.53. The fourth-order valence-electron chi connectivity index (χ4n) is 3.13. The predicted octanol–water partition coefficient (Wildman–Crippen LogP) is 3.88. The molecule has 0 atom stereocenters.